The molecule has 0 bridgehead atoms. The predicted octanol–water partition coefficient (Wildman–Crippen LogP) is 3.01. The molecule has 0 unspecified atom stereocenters. The van der Waals surface area contributed by atoms with Gasteiger partial charge in [-0.2, -0.15) is 0 Å². The van der Waals surface area contributed by atoms with Crippen LogP contribution in [-0.4, -0.2) is 30.3 Å². The first-order valence-corrected chi connectivity index (χ1v) is 7.71. The van der Waals surface area contributed by atoms with Crippen molar-refractivity contribution in [2.45, 2.75) is 20.3 Å². The number of amides is 1. The van der Waals surface area contributed by atoms with Gasteiger partial charge in [0.2, 0.25) is 5.13 Å². The smallest absolute Gasteiger partial charge is 0.265 e. The summed E-state index contributed by atoms with van der Waals surface area (Å²) in [6.45, 7) is 4.22. The van der Waals surface area contributed by atoms with E-state index in [4.69, 9.17) is 9.47 Å². The summed E-state index contributed by atoms with van der Waals surface area (Å²) in [6.07, 6.45) is 0.839. The van der Waals surface area contributed by atoms with Crippen molar-refractivity contribution in [3.8, 4) is 11.5 Å². The first kappa shape index (κ1) is 16.2. The number of anilines is 1. The molecule has 0 aliphatic heterocycles. The van der Waals surface area contributed by atoms with Crippen LogP contribution in [0.15, 0.2) is 18.2 Å². The van der Waals surface area contributed by atoms with E-state index in [2.05, 4.69) is 29.4 Å². The van der Waals surface area contributed by atoms with Gasteiger partial charge in [-0.3, -0.25) is 10.1 Å². The van der Waals surface area contributed by atoms with E-state index >= 15 is 0 Å². The maximum Gasteiger partial charge on any atom is 0.265 e. The largest absolute Gasteiger partial charge is 0.496 e. The summed E-state index contributed by atoms with van der Waals surface area (Å²) in [4.78, 5) is 12.5. The Morgan fingerprint density at radius 3 is 2.41 bits per heavy atom. The Morgan fingerprint density at radius 1 is 1.23 bits per heavy atom. The second-order valence-corrected chi connectivity index (χ2v) is 6.15. The van der Waals surface area contributed by atoms with Crippen molar-refractivity contribution in [1.29, 1.82) is 0 Å². The Kier molecular flexibility index (Phi) is 5.32. The molecular formula is C15H19N3O3S. The van der Waals surface area contributed by atoms with E-state index in [1.807, 2.05) is 0 Å². The Morgan fingerprint density at radius 2 is 1.86 bits per heavy atom. The maximum atomic E-state index is 12.5. The molecular weight excluding hydrogens is 302 g/mol. The lowest BCUT2D eigenvalue weighted by atomic mass is 10.1. The highest BCUT2D eigenvalue weighted by atomic mass is 32.1. The minimum atomic E-state index is -0.332. The van der Waals surface area contributed by atoms with Gasteiger partial charge in [-0.05, 0) is 18.1 Å². The third-order valence-electron chi connectivity index (χ3n) is 2.93. The average Bonchev–Trinajstić information content (AvgIpc) is 2.92. The molecule has 0 radical (unpaired) electrons. The van der Waals surface area contributed by atoms with E-state index in [9.17, 15) is 4.79 Å². The van der Waals surface area contributed by atoms with Gasteiger partial charge in [0.25, 0.3) is 5.91 Å². The summed E-state index contributed by atoms with van der Waals surface area (Å²) in [7, 11) is 3.02. The van der Waals surface area contributed by atoms with Crippen LogP contribution in [0, 0.1) is 5.92 Å². The number of carbonyl (C=O) groups is 1. The van der Waals surface area contributed by atoms with Crippen molar-refractivity contribution >= 4 is 22.4 Å². The molecule has 0 fully saturated rings. The van der Waals surface area contributed by atoms with Crippen LogP contribution in [0.5, 0.6) is 11.5 Å². The van der Waals surface area contributed by atoms with Gasteiger partial charge < -0.3 is 9.47 Å². The molecule has 1 amide bonds. The highest BCUT2D eigenvalue weighted by Crippen LogP contribution is 2.29. The van der Waals surface area contributed by atoms with E-state index in [0.29, 0.717) is 28.1 Å². The fourth-order valence-electron chi connectivity index (χ4n) is 1.97. The molecule has 0 atom stereocenters. The number of rotatable bonds is 6. The number of benzene rings is 1. The molecule has 22 heavy (non-hydrogen) atoms. The van der Waals surface area contributed by atoms with Gasteiger partial charge in [-0.25, -0.2) is 0 Å². The molecule has 1 aromatic heterocycles. The summed E-state index contributed by atoms with van der Waals surface area (Å²) in [5.41, 5.74) is 0.341. The lowest BCUT2D eigenvalue weighted by Gasteiger charge is -2.11. The van der Waals surface area contributed by atoms with Crippen molar-refractivity contribution in [2.75, 3.05) is 19.5 Å². The predicted molar refractivity (Wildman–Crippen MR) is 86.0 cm³/mol. The molecule has 0 saturated heterocycles. The quantitative estimate of drug-likeness (QED) is 0.885. The van der Waals surface area contributed by atoms with Gasteiger partial charge in [-0.1, -0.05) is 31.3 Å². The molecule has 0 saturated carbocycles. The van der Waals surface area contributed by atoms with Gasteiger partial charge >= 0.3 is 0 Å². The zero-order valence-electron chi connectivity index (χ0n) is 13.0. The van der Waals surface area contributed by atoms with Crippen LogP contribution in [0.2, 0.25) is 0 Å². The highest BCUT2D eigenvalue weighted by molar-refractivity contribution is 7.15. The SMILES string of the molecule is COc1cccc(OC)c1C(=O)Nc1nnc(CC(C)C)s1. The van der Waals surface area contributed by atoms with Gasteiger partial charge in [-0.15, -0.1) is 10.2 Å². The molecule has 2 rings (SSSR count). The zero-order chi connectivity index (χ0) is 16.1. The van der Waals surface area contributed by atoms with Crippen LogP contribution in [-0.2, 0) is 6.42 Å². The Balaban J connectivity index is 2.20. The monoisotopic (exact) mass is 321 g/mol. The summed E-state index contributed by atoms with van der Waals surface area (Å²) in [5.74, 6) is 1.06. The van der Waals surface area contributed by atoms with Crippen LogP contribution in [0.4, 0.5) is 5.13 Å². The normalized spacial score (nSPS) is 10.6. The van der Waals surface area contributed by atoms with Crippen LogP contribution in [0.1, 0.15) is 29.2 Å². The molecule has 0 aliphatic rings. The molecule has 1 aromatic carbocycles. The van der Waals surface area contributed by atoms with Crippen molar-refractivity contribution in [1.82, 2.24) is 10.2 Å². The summed E-state index contributed by atoms with van der Waals surface area (Å²) in [6, 6.07) is 5.18. The Labute approximate surface area is 133 Å². The molecule has 7 heteroatoms. The van der Waals surface area contributed by atoms with E-state index in [1.54, 1.807) is 18.2 Å². The van der Waals surface area contributed by atoms with Gasteiger partial charge in [0.15, 0.2) is 0 Å². The fraction of sp³-hybridized carbons (Fsp3) is 0.400. The summed E-state index contributed by atoms with van der Waals surface area (Å²) in [5, 5.41) is 12.2. The van der Waals surface area contributed by atoms with Crippen molar-refractivity contribution in [3.05, 3.63) is 28.8 Å². The zero-order valence-corrected chi connectivity index (χ0v) is 13.9. The fourth-order valence-corrected chi connectivity index (χ4v) is 2.92. The number of hydrogen-bond acceptors (Lipinski definition) is 6. The second-order valence-electron chi connectivity index (χ2n) is 5.09. The van der Waals surface area contributed by atoms with E-state index in [-0.39, 0.29) is 5.91 Å². The number of ether oxygens (including phenoxy) is 2. The number of aromatic nitrogens is 2. The average molecular weight is 321 g/mol. The Bertz CT molecular complexity index is 633. The topological polar surface area (TPSA) is 73.3 Å². The van der Waals surface area contributed by atoms with Crippen molar-refractivity contribution < 1.29 is 14.3 Å². The number of hydrogen-bond donors (Lipinski definition) is 1. The summed E-state index contributed by atoms with van der Waals surface area (Å²) >= 11 is 1.38. The first-order valence-electron chi connectivity index (χ1n) is 6.89. The molecule has 2 aromatic rings. The maximum absolute atomic E-state index is 12.5. The van der Waals surface area contributed by atoms with Crippen LogP contribution in [0.25, 0.3) is 0 Å². The number of methoxy groups -OCH3 is 2. The third kappa shape index (κ3) is 3.73. The third-order valence-corrected chi connectivity index (χ3v) is 3.79. The molecule has 6 nitrogen and oxygen atoms in total. The molecule has 118 valence electrons. The molecule has 0 spiro atoms. The number of nitrogens with one attached hydrogen (secondary N) is 1. The summed E-state index contributed by atoms with van der Waals surface area (Å²) < 4.78 is 10.5. The van der Waals surface area contributed by atoms with Crippen molar-refractivity contribution in [3.63, 3.8) is 0 Å². The molecule has 1 heterocycles. The molecule has 0 aliphatic carbocycles. The van der Waals surface area contributed by atoms with E-state index in [0.717, 1.165) is 11.4 Å². The van der Waals surface area contributed by atoms with Crippen LogP contribution in [0.3, 0.4) is 0 Å². The van der Waals surface area contributed by atoms with Gasteiger partial charge in [0, 0.05) is 6.42 Å². The Hall–Kier alpha value is -2.15. The lowest BCUT2D eigenvalue weighted by Crippen LogP contribution is -2.14. The number of nitrogens with zero attached hydrogens (tertiary/aromatic N) is 2. The van der Waals surface area contributed by atoms with Gasteiger partial charge in [0.1, 0.15) is 22.1 Å². The minimum absolute atomic E-state index is 0.332. The van der Waals surface area contributed by atoms with Gasteiger partial charge in [0.05, 0.1) is 14.2 Å². The minimum Gasteiger partial charge on any atom is -0.496 e. The highest BCUT2D eigenvalue weighted by Gasteiger charge is 2.19. The van der Waals surface area contributed by atoms with E-state index in [1.165, 1.54) is 25.6 Å². The number of carbonyl (C=O) groups excluding carboxylic acids is 1. The van der Waals surface area contributed by atoms with Crippen molar-refractivity contribution in [2.24, 2.45) is 5.92 Å². The molecule has 1 N–H and O–H groups in total. The first-order chi connectivity index (χ1) is 10.5. The van der Waals surface area contributed by atoms with Crippen LogP contribution < -0.4 is 14.8 Å². The lowest BCUT2D eigenvalue weighted by molar-refractivity contribution is 0.102. The second kappa shape index (κ2) is 7.22. The standard InChI is InChI=1S/C15H19N3O3S/c1-9(2)8-12-17-18-15(22-12)16-14(19)13-10(20-3)6-5-7-11(13)21-4/h5-7,9H,8H2,1-4H3,(H,16,18,19). The van der Waals surface area contributed by atoms with E-state index < -0.39 is 0 Å². The van der Waals surface area contributed by atoms with Crippen LogP contribution >= 0.6 is 11.3 Å².